The van der Waals surface area contributed by atoms with Gasteiger partial charge in [0.2, 0.25) is 5.91 Å². The second kappa shape index (κ2) is 2.71. The summed E-state index contributed by atoms with van der Waals surface area (Å²) in [6, 6.07) is 0.333. The standard InChI is InChI=1S/C10H18N2O/c1-7(2)12-6-8(5-9(12)13)10(11)3-4-10/h7-8H,3-6,11H2,1-2H3. The largest absolute Gasteiger partial charge is 0.340 e. The molecule has 74 valence electrons. The van der Waals surface area contributed by atoms with E-state index in [-0.39, 0.29) is 11.4 Å². The van der Waals surface area contributed by atoms with Crippen molar-refractivity contribution in [1.29, 1.82) is 0 Å². The highest BCUT2D eigenvalue weighted by Crippen LogP contribution is 2.44. The molecular formula is C10H18N2O. The average Bonchev–Trinajstić information content (AvgIpc) is 2.63. The normalized spacial score (nSPS) is 31.5. The average molecular weight is 182 g/mol. The number of likely N-dealkylation sites (tertiary alicyclic amines) is 1. The first-order valence-electron chi connectivity index (χ1n) is 5.11. The zero-order valence-electron chi connectivity index (χ0n) is 8.42. The van der Waals surface area contributed by atoms with Crippen LogP contribution in [0.5, 0.6) is 0 Å². The summed E-state index contributed by atoms with van der Waals surface area (Å²) < 4.78 is 0. The van der Waals surface area contributed by atoms with E-state index in [1.807, 2.05) is 4.90 Å². The summed E-state index contributed by atoms with van der Waals surface area (Å²) in [7, 11) is 0. The molecule has 1 saturated carbocycles. The van der Waals surface area contributed by atoms with Crippen molar-refractivity contribution in [3.05, 3.63) is 0 Å². The number of nitrogens with two attached hydrogens (primary N) is 1. The molecule has 13 heavy (non-hydrogen) atoms. The SMILES string of the molecule is CC(C)N1CC(C2(N)CC2)CC1=O. The summed E-state index contributed by atoms with van der Waals surface area (Å²) in [6.45, 7) is 5.01. The summed E-state index contributed by atoms with van der Waals surface area (Å²) in [5, 5.41) is 0. The van der Waals surface area contributed by atoms with Gasteiger partial charge in [0.25, 0.3) is 0 Å². The second-order valence-corrected chi connectivity index (χ2v) is 4.77. The van der Waals surface area contributed by atoms with Crippen LogP contribution < -0.4 is 5.73 Å². The topological polar surface area (TPSA) is 46.3 Å². The first-order chi connectivity index (χ1) is 6.03. The predicted octanol–water partition coefficient (Wildman–Crippen LogP) is 0.735. The monoisotopic (exact) mass is 182 g/mol. The van der Waals surface area contributed by atoms with E-state index in [1.54, 1.807) is 0 Å². The van der Waals surface area contributed by atoms with E-state index >= 15 is 0 Å². The van der Waals surface area contributed by atoms with E-state index < -0.39 is 0 Å². The van der Waals surface area contributed by atoms with Crippen LogP contribution in [0, 0.1) is 5.92 Å². The molecule has 0 radical (unpaired) electrons. The maximum absolute atomic E-state index is 11.6. The van der Waals surface area contributed by atoms with Crippen LogP contribution in [0.3, 0.4) is 0 Å². The predicted molar refractivity (Wildman–Crippen MR) is 51.1 cm³/mol. The molecule has 1 aliphatic heterocycles. The van der Waals surface area contributed by atoms with Crippen LogP contribution >= 0.6 is 0 Å². The first kappa shape index (κ1) is 9.00. The fraction of sp³-hybridized carbons (Fsp3) is 0.900. The fourth-order valence-electron chi connectivity index (χ4n) is 2.17. The van der Waals surface area contributed by atoms with Gasteiger partial charge in [-0.25, -0.2) is 0 Å². The quantitative estimate of drug-likeness (QED) is 0.684. The molecule has 1 unspecified atom stereocenters. The molecule has 2 rings (SSSR count). The Morgan fingerprint density at radius 1 is 1.54 bits per heavy atom. The Hall–Kier alpha value is -0.570. The van der Waals surface area contributed by atoms with Crippen molar-refractivity contribution in [2.75, 3.05) is 6.54 Å². The highest BCUT2D eigenvalue weighted by Gasteiger charge is 2.50. The molecule has 1 atom stereocenters. The van der Waals surface area contributed by atoms with Gasteiger partial charge in [-0.1, -0.05) is 0 Å². The number of amides is 1. The maximum Gasteiger partial charge on any atom is 0.223 e. The van der Waals surface area contributed by atoms with Crippen LogP contribution in [0.2, 0.25) is 0 Å². The lowest BCUT2D eigenvalue weighted by molar-refractivity contribution is -0.129. The van der Waals surface area contributed by atoms with Gasteiger partial charge in [0.15, 0.2) is 0 Å². The third kappa shape index (κ3) is 1.46. The van der Waals surface area contributed by atoms with Gasteiger partial charge < -0.3 is 10.6 Å². The Balaban J connectivity index is 2.02. The molecule has 0 aromatic rings. The van der Waals surface area contributed by atoms with Crippen molar-refractivity contribution >= 4 is 5.91 Å². The molecule has 2 fully saturated rings. The van der Waals surface area contributed by atoms with E-state index in [0.717, 1.165) is 19.4 Å². The summed E-state index contributed by atoms with van der Waals surface area (Å²) in [6.07, 6.45) is 2.89. The lowest BCUT2D eigenvalue weighted by Crippen LogP contribution is -2.36. The van der Waals surface area contributed by atoms with E-state index in [0.29, 0.717) is 18.4 Å². The van der Waals surface area contributed by atoms with Crippen molar-refractivity contribution in [3.63, 3.8) is 0 Å². The number of rotatable bonds is 2. The van der Waals surface area contributed by atoms with Gasteiger partial charge in [0.1, 0.15) is 0 Å². The molecule has 1 heterocycles. The van der Waals surface area contributed by atoms with E-state index in [9.17, 15) is 4.79 Å². The number of hydrogen-bond acceptors (Lipinski definition) is 2. The molecule has 1 amide bonds. The van der Waals surface area contributed by atoms with Crippen molar-refractivity contribution in [1.82, 2.24) is 4.90 Å². The molecule has 0 aromatic carbocycles. The fourth-order valence-corrected chi connectivity index (χ4v) is 2.17. The Kier molecular flexibility index (Phi) is 1.88. The number of carbonyl (C=O) groups is 1. The Morgan fingerprint density at radius 3 is 2.54 bits per heavy atom. The number of carbonyl (C=O) groups excluding carboxylic acids is 1. The molecule has 2 aliphatic rings. The number of nitrogens with zero attached hydrogens (tertiary/aromatic N) is 1. The van der Waals surface area contributed by atoms with E-state index in [1.165, 1.54) is 0 Å². The summed E-state index contributed by atoms with van der Waals surface area (Å²) in [4.78, 5) is 13.5. The van der Waals surface area contributed by atoms with Gasteiger partial charge >= 0.3 is 0 Å². The van der Waals surface area contributed by atoms with Crippen LogP contribution in [-0.4, -0.2) is 28.9 Å². The highest BCUT2D eigenvalue weighted by atomic mass is 16.2. The lowest BCUT2D eigenvalue weighted by atomic mass is 9.97. The van der Waals surface area contributed by atoms with Gasteiger partial charge in [-0.15, -0.1) is 0 Å². The Labute approximate surface area is 79.3 Å². The molecule has 3 heteroatoms. The highest BCUT2D eigenvalue weighted by molar-refractivity contribution is 5.79. The lowest BCUT2D eigenvalue weighted by Gasteiger charge is -2.22. The van der Waals surface area contributed by atoms with Crippen LogP contribution in [0.25, 0.3) is 0 Å². The van der Waals surface area contributed by atoms with Crippen molar-refractivity contribution in [3.8, 4) is 0 Å². The minimum Gasteiger partial charge on any atom is -0.340 e. The molecule has 2 N–H and O–H groups in total. The summed E-state index contributed by atoms with van der Waals surface area (Å²) >= 11 is 0. The van der Waals surface area contributed by atoms with Crippen LogP contribution in [0.1, 0.15) is 33.1 Å². The van der Waals surface area contributed by atoms with Gasteiger partial charge in [0.05, 0.1) is 0 Å². The first-order valence-corrected chi connectivity index (χ1v) is 5.11. The van der Waals surface area contributed by atoms with Gasteiger partial charge in [0, 0.05) is 30.5 Å². The zero-order chi connectivity index (χ0) is 9.64. The summed E-state index contributed by atoms with van der Waals surface area (Å²) in [5.41, 5.74) is 6.11. The van der Waals surface area contributed by atoms with Gasteiger partial charge in [-0.2, -0.15) is 0 Å². The van der Waals surface area contributed by atoms with Crippen LogP contribution in [-0.2, 0) is 4.79 Å². The van der Waals surface area contributed by atoms with E-state index in [2.05, 4.69) is 13.8 Å². The van der Waals surface area contributed by atoms with Crippen molar-refractivity contribution in [2.45, 2.75) is 44.7 Å². The minimum absolute atomic E-state index is 0.0132. The molecule has 0 bridgehead atoms. The molecule has 1 aliphatic carbocycles. The molecule has 0 spiro atoms. The third-order valence-corrected chi connectivity index (χ3v) is 3.42. The smallest absolute Gasteiger partial charge is 0.223 e. The van der Waals surface area contributed by atoms with Crippen molar-refractivity contribution < 1.29 is 4.79 Å². The van der Waals surface area contributed by atoms with Gasteiger partial charge in [-0.05, 0) is 26.7 Å². The second-order valence-electron chi connectivity index (χ2n) is 4.77. The number of hydrogen-bond donors (Lipinski definition) is 1. The third-order valence-electron chi connectivity index (χ3n) is 3.42. The Morgan fingerprint density at radius 2 is 2.15 bits per heavy atom. The van der Waals surface area contributed by atoms with Crippen LogP contribution in [0.15, 0.2) is 0 Å². The molecule has 0 aromatic heterocycles. The van der Waals surface area contributed by atoms with Crippen molar-refractivity contribution in [2.24, 2.45) is 11.7 Å². The molecular weight excluding hydrogens is 164 g/mol. The minimum atomic E-state index is 0.0132. The van der Waals surface area contributed by atoms with Gasteiger partial charge in [-0.3, -0.25) is 4.79 Å². The molecule has 3 nitrogen and oxygen atoms in total. The Bertz CT molecular complexity index is 233. The van der Waals surface area contributed by atoms with E-state index in [4.69, 9.17) is 5.73 Å². The zero-order valence-corrected chi connectivity index (χ0v) is 8.42. The summed E-state index contributed by atoms with van der Waals surface area (Å²) in [5.74, 6) is 0.708. The van der Waals surface area contributed by atoms with Crippen LogP contribution in [0.4, 0.5) is 0 Å². The molecule has 1 saturated heterocycles. The maximum atomic E-state index is 11.6.